The number of aromatic amines is 1. The largest absolute Gasteiger partial charge is 0.346 e. The quantitative estimate of drug-likeness (QED) is 0.573. The zero-order valence-corrected chi connectivity index (χ0v) is 16.0. The van der Waals surface area contributed by atoms with Gasteiger partial charge in [-0.2, -0.15) is 5.26 Å². The average Bonchev–Trinajstić information content (AvgIpc) is 3.22. The summed E-state index contributed by atoms with van der Waals surface area (Å²) in [5.41, 5.74) is 10.4. The summed E-state index contributed by atoms with van der Waals surface area (Å²) in [7, 11) is 1.90. The summed E-state index contributed by atoms with van der Waals surface area (Å²) in [6.07, 6.45) is 5.86. The highest BCUT2D eigenvalue weighted by Gasteiger charge is 2.30. The highest BCUT2D eigenvalue weighted by atomic mass is 15.4. The summed E-state index contributed by atoms with van der Waals surface area (Å²) in [6.45, 7) is 2.99. The van der Waals surface area contributed by atoms with Gasteiger partial charge in [-0.05, 0) is 56.1 Å². The monoisotopic (exact) mass is 375 g/mol. The molecule has 0 saturated carbocycles. The highest BCUT2D eigenvalue weighted by molar-refractivity contribution is 5.78. The maximum absolute atomic E-state index is 8.98. The molecule has 1 aliphatic heterocycles. The van der Waals surface area contributed by atoms with Crippen LogP contribution >= 0.6 is 0 Å². The van der Waals surface area contributed by atoms with E-state index in [2.05, 4.69) is 48.9 Å². The van der Waals surface area contributed by atoms with E-state index >= 15 is 0 Å². The molecule has 2 atom stereocenters. The van der Waals surface area contributed by atoms with E-state index < -0.39 is 0 Å². The summed E-state index contributed by atoms with van der Waals surface area (Å²) >= 11 is 0. The van der Waals surface area contributed by atoms with Crippen LogP contribution in [0.1, 0.15) is 35.7 Å². The Kier molecular flexibility index (Phi) is 5.63. The molecule has 1 aliphatic rings. The molecule has 1 saturated heterocycles. The number of rotatable bonds is 6. The van der Waals surface area contributed by atoms with Crippen LogP contribution in [0.3, 0.4) is 0 Å². The number of likely N-dealkylation sites (tertiary alicyclic amines) is 1. The van der Waals surface area contributed by atoms with Crippen molar-refractivity contribution in [1.29, 1.82) is 5.26 Å². The molecule has 2 aromatic heterocycles. The lowest BCUT2D eigenvalue weighted by molar-refractivity contribution is 0.135. The predicted molar refractivity (Wildman–Crippen MR) is 108 cm³/mol. The first kappa shape index (κ1) is 18.6. The number of benzene rings is 1. The first-order valence-corrected chi connectivity index (χ1v) is 9.70. The maximum atomic E-state index is 8.98. The lowest BCUT2D eigenvalue weighted by atomic mass is 9.88. The number of fused-ring (bicyclic) bond motifs is 1. The summed E-state index contributed by atoms with van der Waals surface area (Å²) in [5, 5.41) is 10.0. The van der Waals surface area contributed by atoms with Crippen LogP contribution < -0.4 is 10.9 Å². The molecule has 0 bridgehead atoms. The Labute approximate surface area is 164 Å². The Balaban J connectivity index is 1.52. The summed E-state index contributed by atoms with van der Waals surface area (Å²) in [4.78, 5) is 14.6. The van der Waals surface area contributed by atoms with E-state index in [1.165, 1.54) is 5.56 Å². The fourth-order valence-electron chi connectivity index (χ4n) is 4.16. The minimum atomic E-state index is 0.107. The summed E-state index contributed by atoms with van der Waals surface area (Å²) in [5.74, 6) is 0.438. The second-order valence-corrected chi connectivity index (χ2v) is 7.32. The Bertz CT molecular complexity index is 957. The molecule has 4 rings (SSSR count). The Morgan fingerprint density at radius 1 is 1.29 bits per heavy atom. The number of nitrogens with one attached hydrogen (secondary N) is 3. The normalized spacial score (nSPS) is 18.8. The molecular weight excluding hydrogens is 350 g/mol. The first-order valence-electron chi connectivity index (χ1n) is 9.70. The van der Waals surface area contributed by atoms with Gasteiger partial charge >= 0.3 is 0 Å². The van der Waals surface area contributed by atoms with Crippen LogP contribution in [0.2, 0.25) is 0 Å². The molecule has 1 fully saturated rings. The van der Waals surface area contributed by atoms with Crippen molar-refractivity contribution in [3.8, 4) is 6.07 Å². The number of hydrogen-bond acceptors (Lipinski definition) is 6. The molecule has 3 aromatic rings. The van der Waals surface area contributed by atoms with E-state index in [0.29, 0.717) is 11.5 Å². The van der Waals surface area contributed by atoms with Crippen LogP contribution in [0.5, 0.6) is 0 Å². The van der Waals surface area contributed by atoms with Crippen LogP contribution in [0.25, 0.3) is 11.0 Å². The second-order valence-electron chi connectivity index (χ2n) is 7.32. The van der Waals surface area contributed by atoms with Crippen molar-refractivity contribution in [3.05, 3.63) is 59.7 Å². The van der Waals surface area contributed by atoms with Crippen molar-refractivity contribution in [1.82, 2.24) is 30.7 Å². The van der Waals surface area contributed by atoms with Crippen molar-refractivity contribution in [2.45, 2.75) is 25.4 Å². The molecule has 1 aromatic carbocycles. The SMILES string of the molecule is CNNC(c1ncnc2[nH]ccc12)C1CCCN(Cc2ccc(C#N)cc2)C1. The topological polar surface area (TPSA) is 92.7 Å². The number of H-pyrrole nitrogens is 1. The molecule has 2 unspecified atom stereocenters. The van der Waals surface area contributed by atoms with Gasteiger partial charge in [0.2, 0.25) is 0 Å². The van der Waals surface area contributed by atoms with Crippen LogP contribution in [0.15, 0.2) is 42.9 Å². The van der Waals surface area contributed by atoms with Gasteiger partial charge in [-0.3, -0.25) is 10.3 Å². The summed E-state index contributed by atoms with van der Waals surface area (Å²) in [6, 6.07) is 12.2. The van der Waals surface area contributed by atoms with Gasteiger partial charge < -0.3 is 4.98 Å². The number of hydrogen-bond donors (Lipinski definition) is 3. The number of aromatic nitrogens is 3. The first-order chi connectivity index (χ1) is 13.8. The lowest BCUT2D eigenvalue weighted by Gasteiger charge is -2.37. The Hall–Kier alpha value is -2.79. The molecule has 0 amide bonds. The van der Waals surface area contributed by atoms with Crippen molar-refractivity contribution < 1.29 is 0 Å². The van der Waals surface area contributed by atoms with E-state index in [9.17, 15) is 0 Å². The van der Waals surface area contributed by atoms with Crippen molar-refractivity contribution in [2.24, 2.45) is 5.92 Å². The third-order valence-electron chi connectivity index (χ3n) is 5.48. The zero-order chi connectivity index (χ0) is 19.3. The van der Waals surface area contributed by atoms with Gasteiger partial charge in [0.15, 0.2) is 0 Å². The molecule has 3 heterocycles. The van der Waals surface area contributed by atoms with Crippen molar-refractivity contribution >= 4 is 11.0 Å². The molecule has 0 radical (unpaired) electrons. The fraction of sp³-hybridized carbons (Fsp3) is 0.381. The highest BCUT2D eigenvalue weighted by Crippen LogP contribution is 2.32. The van der Waals surface area contributed by atoms with Gasteiger partial charge in [-0.1, -0.05) is 12.1 Å². The fourth-order valence-corrected chi connectivity index (χ4v) is 4.16. The molecule has 7 nitrogen and oxygen atoms in total. The van der Waals surface area contributed by atoms with E-state index in [4.69, 9.17) is 5.26 Å². The van der Waals surface area contributed by atoms with Gasteiger partial charge in [-0.15, -0.1) is 0 Å². The number of hydrazine groups is 1. The molecule has 3 N–H and O–H groups in total. The van der Waals surface area contributed by atoms with Gasteiger partial charge in [0, 0.05) is 24.7 Å². The van der Waals surface area contributed by atoms with Crippen LogP contribution in [0, 0.1) is 17.2 Å². The predicted octanol–water partition coefficient (Wildman–Crippen LogP) is 2.51. The smallest absolute Gasteiger partial charge is 0.141 e. The van der Waals surface area contributed by atoms with E-state index in [1.54, 1.807) is 6.33 Å². The number of piperidine rings is 1. The van der Waals surface area contributed by atoms with Gasteiger partial charge in [0.25, 0.3) is 0 Å². The molecule has 28 heavy (non-hydrogen) atoms. The zero-order valence-electron chi connectivity index (χ0n) is 16.0. The van der Waals surface area contributed by atoms with Crippen LogP contribution in [0.4, 0.5) is 0 Å². The number of nitrogens with zero attached hydrogens (tertiary/aromatic N) is 4. The standard InChI is InChI=1S/C21H25N7/c1-23-27-19(20-18-8-9-24-21(18)26-14-25-20)17-3-2-10-28(13-17)12-16-6-4-15(11-22)5-7-16/h4-9,14,17,19,23,27H,2-3,10,12-13H2,1H3,(H,24,25,26). The van der Waals surface area contributed by atoms with Crippen LogP contribution in [-0.4, -0.2) is 40.0 Å². The van der Waals surface area contributed by atoms with Crippen molar-refractivity contribution in [3.63, 3.8) is 0 Å². The van der Waals surface area contributed by atoms with Crippen LogP contribution in [-0.2, 0) is 6.54 Å². The minimum absolute atomic E-state index is 0.107. The Morgan fingerprint density at radius 3 is 2.93 bits per heavy atom. The molecular formula is C21H25N7. The number of nitriles is 1. The average molecular weight is 375 g/mol. The molecule has 144 valence electrons. The minimum Gasteiger partial charge on any atom is -0.346 e. The van der Waals surface area contributed by atoms with Crippen molar-refractivity contribution in [2.75, 3.05) is 20.1 Å². The third-order valence-corrected chi connectivity index (χ3v) is 5.48. The Morgan fingerprint density at radius 2 is 2.14 bits per heavy atom. The second kappa shape index (κ2) is 8.48. The van der Waals surface area contributed by atoms with Gasteiger partial charge in [0.1, 0.15) is 12.0 Å². The maximum Gasteiger partial charge on any atom is 0.141 e. The molecule has 0 aliphatic carbocycles. The van der Waals surface area contributed by atoms with E-state index in [-0.39, 0.29) is 6.04 Å². The van der Waals surface area contributed by atoms with E-state index in [1.807, 2.05) is 31.4 Å². The van der Waals surface area contributed by atoms with Gasteiger partial charge in [-0.25, -0.2) is 15.4 Å². The summed E-state index contributed by atoms with van der Waals surface area (Å²) < 4.78 is 0. The third kappa shape index (κ3) is 3.90. The lowest BCUT2D eigenvalue weighted by Crippen LogP contribution is -2.44. The van der Waals surface area contributed by atoms with Gasteiger partial charge in [0.05, 0.1) is 23.4 Å². The molecule has 7 heteroatoms. The molecule has 0 spiro atoms. The van der Waals surface area contributed by atoms with E-state index in [0.717, 1.165) is 49.2 Å².